The quantitative estimate of drug-likeness (QED) is 0.550. The van der Waals surface area contributed by atoms with Crippen LogP contribution in [0, 0.1) is 0 Å². The van der Waals surface area contributed by atoms with Crippen molar-refractivity contribution in [3.05, 3.63) is 66.2 Å². The molecule has 1 saturated heterocycles. The number of anilines is 1. The normalized spacial score (nSPS) is 14.6. The maximum absolute atomic E-state index is 3.91. The third kappa shape index (κ3) is 3.82. The van der Waals surface area contributed by atoms with Gasteiger partial charge in [-0.25, -0.2) is 0 Å². The molecule has 4 rings (SSSR count). The van der Waals surface area contributed by atoms with Crippen LogP contribution in [-0.4, -0.2) is 21.3 Å². The molecule has 1 heterocycles. The van der Waals surface area contributed by atoms with Gasteiger partial charge in [-0.3, -0.25) is 0 Å². The van der Waals surface area contributed by atoms with Gasteiger partial charge in [-0.1, -0.05) is 55.2 Å². The largest absolute Gasteiger partial charge is 1.00 e. The molecule has 0 spiro atoms. The molecule has 3 aromatic carbocycles. The third-order valence-corrected chi connectivity index (χ3v) is 8.29. The molecule has 0 saturated carbocycles. The van der Waals surface area contributed by atoms with Crippen molar-refractivity contribution in [2.24, 2.45) is 0 Å². The van der Waals surface area contributed by atoms with Crippen molar-refractivity contribution in [1.82, 2.24) is 4.98 Å². The minimum atomic E-state index is -1.73. The zero-order valence-electron chi connectivity index (χ0n) is 16.3. The van der Waals surface area contributed by atoms with E-state index in [2.05, 4.69) is 83.6 Å². The van der Waals surface area contributed by atoms with E-state index >= 15 is 0 Å². The Kier molecular flexibility index (Phi) is 6.04. The molecule has 26 heavy (non-hydrogen) atoms. The van der Waals surface area contributed by atoms with Gasteiger partial charge in [-0.15, -0.1) is 40.2 Å². The predicted octanol–water partition coefficient (Wildman–Crippen LogP) is 1.36. The molecule has 2 nitrogen and oxygen atoms in total. The van der Waals surface area contributed by atoms with Crippen LogP contribution in [-0.2, 0) is 6.54 Å². The molecule has 1 aliphatic rings. The summed E-state index contributed by atoms with van der Waals surface area (Å²) in [6.45, 7) is 8.22. The van der Waals surface area contributed by atoms with Crippen molar-refractivity contribution in [3.8, 4) is 0 Å². The van der Waals surface area contributed by atoms with Crippen molar-refractivity contribution >= 4 is 29.9 Å². The number of fused-ring (bicyclic) bond motifs is 1. The van der Waals surface area contributed by atoms with E-state index in [0.29, 0.717) is 0 Å². The summed E-state index contributed by atoms with van der Waals surface area (Å²) in [6.07, 6.45) is 2.64. The molecule has 0 aromatic heterocycles. The Hall–Kier alpha value is -1.38. The second-order valence-electron chi connectivity index (χ2n) is 7.65. The Bertz CT molecular complexity index is 851. The van der Waals surface area contributed by atoms with Gasteiger partial charge in [0, 0.05) is 19.6 Å². The summed E-state index contributed by atoms with van der Waals surface area (Å²) in [6, 6.07) is 22.2. The summed E-state index contributed by atoms with van der Waals surface area (Å²) >= 11 is 0. The minimum absolute atomic E-state index is 0. The van der Waals surface area contributed by atoms with Gasteiger partial charge in [0.2, 0.25) is 0 Å². The van der Waals surface area contributed by atoms with Crippen LogP contribution in [0.25, 0.3) is 10.8 Å². The Labute approximate surface area is 170 Å². The molecule has 1 N–H and O–H groups in total. The maximum Gasteiger partial charge on any atom is 1.00 e. The fourth-order valence-electron chi connectivity index (χ4n) is 3.98. The standard InChI is InChI=1S/C22H27N2Si.Li/c1-25(2,23-17-18-10-4-3-5-11-18)22-16-21(24-14-8-9-15-24)19-12-6-7-13-20(19)22;/h3-7,10-13,16,23H,8-9,14-15,17H2,1-2H3;/q-1;+1. The van der Waals surface area contributed by atoms with Crippen molar-refractivity contribution in [3.63, 3.8) is 0 Å². The second kappa shape index (κ2) is 8.11. The van der Waals surface area contributed by atoms with Gasteiger partial charge in [0.25, 0.3) is 0 Å². The average molecular weight is 354 g/mol. The molecule has 0 unspecified atom stereocenters. The van der Waals surface area contributed by atoms with Crippen molar-refractivity contribution in [2.75, 3.05) is 18.0 Å². The van der Waals surface area contributed by atoms with Crippen LogP contribution in [0.4, 0.5) is 5.69 Å². The smallest absolute Gasteiger partial charge is 0.417 e. The first kappa shape index (κ1) is 19.4. The van der Waals surface area contributed by atoms with Gasteiger partial charge < -0.3 is 9.88 Å². The summed E-state index contributed by atoms with van der Waals surface area (Å²) in [7, 11) is -1.73. The molecular weight excluding hydrogens is 327 g/mol. The topological polar surface area (TPSA) is 15.3 Å². The minimum Gasteiger partial charge on any atom is -0.417 e. The van der Waals surface area contributed by atoms with Gasteiger partial charge in [0.15, 0.2) is 0 Å². The molecule has 0 aliphatic carbocycles. The van der Waals surface area contributed by atoms with Gasteiger partial charge in [-0.2, -0.15) is 0 Å². The van der Waals surface area contributed by atoms with Crippen molar-refractivity contribution in [1.29, 1.82) is 0 Å². The SMILES string of the molecule is C[Si](C)(NCc1ccccc1)[c-]1cc(N2CCCC2)c2ccccc21.[Li+]. The van der Waals surface area contributed by atoms with Crippen LogP contribution in [0.1, 0.15) is 18.4 Å². The van der Waals surface area contributed by atoms with Crippen LogP contribution < -0.4 is 33.9 Å². The molecule has 0 radical (unpaired) electrons. The number of nitrogens with one attached hydrogen (secondary N) is 1. The molecule has 0 amide bonds. The fraction of sp³-hybridized carbons (Fsp3) is 0.318. The molecule has 4 heteroatoms. The number of rotatable bonds is 5. The van der Waals surface area contributed by atoms with Crippen molar-refractivity contribution in [2.45, 2.75) is 32.5 Å². The summed E-state index contributed by atoms with van der Waals surface area (Å²) in [4.78, 5) is 6.48. The summed E-state index contributed by atoms with van der Waals surface area (Å²) in [5, 5.41) is 4.42. The number of hydrogen-bond acceptors (Lipinski definition) is 2. The summed E-state index contributed by atoms with van der Waals surface area (Å²) in [5.74, 6) is 0. The van der Waals surface area contributed by atoms with Crippen LogP contribution in [0.5, 0.6) is 0 Å². The monoisotopic (exact) mass is 354 g/mol. The number of hydrogen-bond donors (Lipinski definition) is 1. The zero-order valence-corrected chi connectivity index (χ0v) is 17.3. The van der Waals surface area contributed by atoms with E-state index < -0.39 is 8.24 Å². The molecule has 1 aliphatic heterocycles. The Morgan fingerprint density at radius 3 is 2.35 bits per heavy atom. The molecular formula is C22H27LiN2Si. The van der Waals surface area contributed by atoms with Crippen molar-refractivity contribution < 1.29 is 18.9 Å². The second-order valence-corrected chi connectivity index (χ2v) is 11.8. The first-order chi connectivity index (χ1) is 12.1. The zero-order chi connectivity index (χ0) is 17.3. The van der Waals surface area contributed by atoms with E-state index in [-0.39, 0.29) is 18.9 Å². The van der Waals surface area contributed by atoms with Gasteiger partial charge in [-0.05, 0) is 18.4 Å². The molecule has 3 aromatic rings. The number of nitrogens with zero attached hydrogens (tertiary/aromatic N) is 1. The average Bonchev–Trinajstić information content (AvgIpc) is 3.28. The van der Waals surface area contributed by atoms with Gasteiger partial charge >= 0.3 is 18.9 Å². The van der Waals surface area contributed by atoms with Gasteiger partial charge in [0.05, 0.1) is 0 Å². The number of benzene rings is 2. The van der Waals surface area contributed by atoms with E-state index in [4.69, 9.17) is 0 Å². The summed E-state index contributed by atoms with van der Waals surface area (Å²) in [5.41, 5.74) is 2.81. The van der Waals surface area contributed by atoms with E-state index in [9.17, 15) is 0 Å². The first-order valence-electron chi connectivity index (χ1n) is 9.38. The first-order valence-corrected chi connectivity index (χ1v) is 12.4. The predicted molar refractivity (Wildman–Crippen MR) is 111 cm³/mol. The molecule has 130 valence electrons. The molecule has 0 bridgehead atoms. The van der Waals surface area contributed by atoms with E-state index in [1.165, 1.54) is 48.0 Å². The summed E-state index contributed by atoms with van der Waals surface area (Å²) < 4.78 is 0. The van der Waals surface area contributed by atoms with E-state index in [1.54, 1.807) is 5.19 Å². The Morgan fingerprint density at radius 2 is 1.62 bits per heavy atom. The Balaban J connectivity index is 0.00000196. The van der Waals surface area contributed by atoms with Crippen LogP contribution in [0.3, 0.4) is 0 Å². The molecule has 0 atom stereocenters. The van der Waals surface area contributed by atoms with E-state index in [0.717, 1.165) is 6.54 Å². The van der Waals surface area contributed by atoms with Crippen LogP contribution in [0.15, 0.2) is 60.7 Å². The van der Waals surface area contributed by atoms with Crippen LogP contribution >= 0.6 is 0 Å². The Morgan fingerprint density at radius 1 is 0.962 bits per heavy atom. The fourth-order valence-corrected chi connectivity index (χ4v) is 6.21. The third-order valence-electron chi connectivity index (χ3n) is 5.47. The van der Waals surface area contributed by atoms with E-state index in [1.807, 2.05) is 0 Å². The van der Waals surface area contributed by atoms with Gasteiger partial charge in [0.1, 0.15) is 8.24 Å². The maximum atomic E-state index is 3.91. The molecule has 1 fully saturated rings. The van der Waals surface area contributed by atoms with Crippen LogP contribution in [0.2, 0.25) is 13.1 Å².